The Bertz CT molecular complexity index is 275. The molecule has 1 rings (SSSR count). The quantitative estimate of drug-likeness (QED) is 0.630. The lowest BCUT2D eigenvalue weighted by Crippen LogP contribution is -2.31. The molecule has 3 nitrogen and oxygen atoms in total. The van der Waals surface area contributed by atoms with Gasteiger partial charge in [-0.25, -0.2) is 0 Å². The summed E-state index contributed by atoms with van der Waals surface area (Å²) in [6, 6.07) is 6.85. The zero-order chi connectivity index (χ0) is 9.84. The smallest absolute Gasteiger partial charge is 0.0963 e. The van der Waals surface area contributed by atoms with Crippen molar-refractivity contribution in [2.24, 2.45) is 5.73 Å². The lowest BCUT2D eigenvalue weighted by Gasteiger charge is -2.16. The highest BCUT2D eigenvalue weighted by atomic mass is 16.3. The summed E-state index contributed by atoms with van der Waals surface area (Å²) in [5, 5.41) is 18.4. The van der Waals surface area contributed by atoms with E-state index in [1.807, 2.05) is 25.1 Å². The molecule has 4 N–H and O–H groups in total. The minimum absolute atomic E-state index is 0.213. The molecule has 0 heterocycles. The Balaban J connectivity index is 2.82. The number of aliphatic hydroxyl groups is 2. The predicted molar refractivity (Wildman–Crippen MR) is 51.2 cm³/mol. The van der Waals surface area contributed by atoms with Crippen molar-refractivity contribution in [2.75, 3.05) is 6.61 Å². The van der Waals surface area contributed by atoms with E-state index in [2.05, 4.69) is 0 Å². The van der Waals surface area contributed by atoms with Gasteiger partial charge in [0.25, 0.3) is 0 Å². The van der Waals surface area contributed by atoms with Crippen molar-refractivity contribution in [3.05, 3.63) is 35.4 Å². The summed E-state index contributed by atoms with van der Waals surface area (Å²) in [4.78, 5) is 0. The van der Waals surface area contributed by atoms with Gasteiger partial charge in [-0.15, -0.1) is 0 Å². The van der Waals surface area contributed by atoms with Crippen LogP contribution in [0.25, 0.3) is 0 Å². The van der Waals surface area contributed by atoms with E-state index in [0.29, 0.717) is 0 Å². The summed E-state index contributed by atoms with van der Waals surface area (Å²) in [6.07, 6.45) is -0.787. The van der Waals surface area contributed by atoms with Gasteiger partial charge in [-0.3, -0.25) is 0 Å². The largest absolute Gasteiger partial charge is 0.395 e. The second kappa shape index (κ2) is 4.37. The molecule has 13 heavy (non-hydrogen) atoms. The third kappa shape index (κ3) is 2.52. The molecule has 0 aliphatic heterocycles. The molecule has 2 atom stereocenters. The van der Waals surface area contributed by atoms with Crippen molar-refractivity contribution < 1.29 is 10.2 Å². The number of benzene rings is 1. The molecular formula is C10H15NO2. The Morgan fingerprint density at radius 2 is 2.15 bits per heavy atom. The topological polar surface area (TPSA) is 66.5 Å². The van der Waals surface area contributed by atoms with Crippen LogP contribution in [0.3, 0.4) is 0 Å². The summed E-state index contributed by atoms with van der Waals surface area (Å²) >= 11 is 0. The average Bonchev–Trinajstić information content (AvgIpc) is 2.15. The third-order valence-corrected chi connectivity index (χ3v) is 2.00. The van der Waals surface area contributed by atoms with Crippen LogP contribution in [0.2, 0.25) is 0 Å². The minimum Gasteiger partial charge on any atom is -0.395 e. The summed E-state index contributed by atoms with van der Waals surface area (Å²) in [5.41, 5.74) is 7.32. The normalized spacial score (nSPS) is 15.4. The van der Waals surface area contributed by atoms with Crippen molar-refractivity contribution >= 4 is 0 Å². The van der Waals surface area contributed by atoms with E-state index in [-0.39, 0.29) is 6.61 Å². The van der Waals surface area contributed by atoms with E-state index >= 15 is 0 Å². The highest BCUT2D eigenvalue weighted by Crippen LogP contribution is 2.16. The lowest BCUT2D eigenvalue weighted by atomic mass is 10.0. The van der Waals surface area contributed by atoms with Gasteiger partial charge < -0.3 is 15.9 Å². The lowest BCUT2D eigenvalue weighted by molar-refractivity contribution is 0.109. The molecule has 0 aliphatic carbocycles. The number of nitrogens with two attached hydrogens (primary N) is 1. The summed E-state index contributed by atoms with van der Waals surface area (Å²) in [5.74, 6) is 0. The van der Waals surface area contributed by atoms with E-state index in [1.54, 1.807) is 6.07 Å². The van der Waals surface area contributed by atoms with Gasteiger partial charge in [0, 0.05) is 0 Å². The van der Waals surface area contributed by atoms with E-state index in [9.17, 15) is 5.11 Å². The van der Waals surface area contributed by atoms with Crippen LogP contribution in [-0.2, 0) is 0 Å². The van der Waals surface area contributed by atoms with Gasteiger partial charge in [-0.05, 0) is 12.5 Å². The second-order valence-corrected chi connectivity index (χ2v) is 3.21. The molecule has 0 amide bonds. The van der Waals surface area contributed by atoms with Crippen LogP contribution in [-0.4, -0.2) is 22.9 Å². The van der Waals surface area contributed by atoms with Crippen LogP contribution >= 0.6 is 0 Å². The standard InChI is InChI=1S/C10H15NO2/c1-7-3-2-4-8(5-7)10(13)9(11)6-12/h2-5,9-10,12-13H,6,11H2,1H3. The van der Waals surface area contributed by atoms with Crippen LogP contribution in [0.5, 0.6) is 0 Å². The molecule has 0 bridgehead atoms. The third-order valence-electron chi connectivity index (χ3n) is 2.00. The molecule has 0 saturated carbocycles. The molecule has 0 saturated heterocycles. The Morgan fingerprint density at radius 1 is 1.46 bits per heavy atom. The first kappa shape index (κ1) is 10.2. The Labute approximate surface area is 77.8 Å². The van der Waals surface area contributed by atoms with Gasteiger partial charge >= 0.3 is 0 Å². The zero-order valence-corrected chi connectivity index (χ0v) is 7.64. The van der Waals surface area contributed by atoms with Crippen molar-refractivity contribution in [2.45, 2.75) is 19.1 Å². The van der Waals surface area contributed by atoms with Crippen LogP contribution in [0.1, 0.15) is 17.2 Å². The molecule has 1 aromatic rings. The van der Waals surface area contributed by atoms with Gasteiger partial charge in [-0.1, -0.05) is 29.8 Å². The molecule has 3 heteroatoms. The van der Waals surface area contributed by atoms with E-state index in [4.69, 9.17) is 10.8 Å². The maximum absolute atomic E-state index is 9.63. The Morgan fingerprint density at radius 3 is 2.69 bits per heavy atom. The highest BCUT2D eigenvalue weighted by molar-refractivity contribution is 5.24. The van der Waals surface area contributed by atoms with Crippen LogP contribution in [0.4, 0.5) is 0 Å². The molecule has 0 radical (unpaired) electrons. The van der Waals surface area contributed by atoms with Crippen LogP contribution < -0.4 is 5.73 Å². The maximum Gasteiger partial charge on any atom is 0.0963 e. The minimum atomic E-state index is -0.787. The van der Waals surface area contributed by atoms with Gasteiger partial charge in [0.15, 0.2) is 0 Å². The summed E-state index contributed by atoms with van der Waals surface area (Å²) < 4.78 is 0. The summed E-state index contributed by atoms with van der Waals surface area (Å²) in [7, 11) is 0. The Kier molecular flexibility index (Phi) is 3.42. The molecular weight excluding hydrogens is 166 g/mol. The fraction of sp³-hybridized carbons (Fsp3) is 0.400. The average molecular weight is 181 g/mol. The number of hydrogen-bond donors (Lipinski definition) is 3. The molecule has 1 aromatic carbocycles. The van der Waals surface area contributed by atoms with Crippen molar-refractivity contribution in [1.82, 2.24) is 0 Å². The predicted octanol–water partition coefficient (Wildman–Crippen LogP) is 0.348. The van der Waals surface area contributed by atoms with Gasteiger partial charge in [0.05, 0.1) is 18.8 Å². The Hall–Kier alpha value is -0.900. The van der Waals surface area contributed by atoms with Crippen LogP contribution in [0, 0.1) is 6.92 Å². The van der Waals surface area contributed by atoms with Gasteiger partial charge in [0.1, 0.15) is 0 Å². The fourth-order valence-electron chi connectivity index (χ4n) is 1.20. The maximum atomic E-state index is 9.63. The zero-order valence-electron chi connectivity index (χ0n) is 7.64. The van der Waals surface area contributed by atoms with E-state index in [1.165, 1.54) is 0 Å². The van der Waals surface area contributed by atoms with E-state index < -0.39 is 12.1 Å². The molecule has 72 valence electrons. The molecule has 0 aliphatic rings. The molecule has 2 unspecified atom stereocenters. The first-order chi connectivity index (χ1) is 6.15. The van der Waals surface area contributed by atoms with E-state index in [0.717, 1.165) is 11.1 Å². The monoisotopic (exact) mass is 181 g/mol. The van der Waals surface area contributed by atoms with Crippen molar-refractivity contribution in [3.8, 4) is 0 Å². The number of aliphatic hydroxyl groups excluding tert-OH is 2. The van der Waals surface area contributed by atoms with Crippen molar-refractivity contribution in [1.29, 1.82) is 0 Å². The highest BCUT2D eigenvalue weighted by Gasteiger charge is 2.15. The number of rotatable bonds is 3. The molecule has 0 spiro atoms. The summed E-state index contributed by atoms with van der Waals surface area (Å²) in [6.45, 7) is 1.73. The number of hydrogen-bond acceptors (Lipinski definition) is 3. The van der Waals surface area contributed by atoms with Crippen LogP contribution in [0.15, 0.2) is 24.3 Å². The fourth-order valence-corrected chi connectivity index (χ4v) is 1.20. The first-order valence-corrected chi connectivity index (χ1v) is 4.26. The van der Waals surface area contributed by atoms with Crippen molar-refractivity contribution in [3.63, 3.8) is 0 Å². The number of aryl methyl sites for hydroxylation is 1. The molecule has 0 aromatic heterocycles. The van der Waals surface area contributed by atoms with Gasteiger partial charge in [-0.2, -0.15) is 0 Å². The molecule has 0 fully saturated rings. The first-order valence-electron chi connectivity index (χ1n) is 4.26. The second-order valence-electron chi connectivity index (χ2n) is 3.21. The van der Waals surface area contributed by atoms with Gasteiger partial charge in [0.2, 0.25) is 0 Å². The SMILES string of the molecule is Cc1cccc(C(O)C(N)CO)c1.